The Morgan fingerprint density at radius 2 is 1.78 bits per heavy atom. The maximum Gasteiger partial charge on any atom is 0.416 e. The van der Waals surface area contributed by atoms with Gasteiger partial charge < -0.3 is 10.4 Å². The smallest absolute Gasteiger partial charge is 0.416 e. The largest absolute Gasteiger partial charge is 0.494 e. The number of nitrogens with one attached hydrogen (secondary N) is 2. The van der Waals surface area contributed by atoms with Gasteiger partial charge in [-0.15, -0.1) is 11.3 Å². The van der Waals surface area contributed by atoms with Crippen LogP contribution in [0, 0.1) is 5.82 Å². The summed E-state index contributed by atoms with van der Waals surface area (Å²) >= 11 is 6.40. The Morgan fingerprint density at radius 1 is 1.06 bits per heavy atom. The molecule has 2 heterocycles. The zero-order valence-corrected chi connectivity index (χ0v) is 19.8. The van der Waals surface area contributed by atoms with E-state index < -0.39 is 50.7 Å². The summed E-state index contributed by atoms with van der Waals surface area (Å²) in [6.45, 7) is 0. The number of alkyl halides is 3. The number of benzene rings is 2. The first-order chi connectivity index (χ1) is 16.8. The predicted octanol–water partition coefficient (Wildman–Crippen LogP) is 5.08. The van der Waals surface area contributed by atoms with Gasteiger partial charge in [0.2, 0.25) is 5.88 Å². The summed E-state index contributed by atoms with van der Waals surface area (Å²) in [5, 5.41) is 12.3. The van der Waals surface area contributed by atoms with Gasteiger partial charge in [0.1, 0.15) is 10.0 Å². The quantitative estimate of drug-likeness (QED) is 0.300. The minimum atomic E-state index is -4.72. The van der Waals surface area contributed by atoms with E-state index in [4.69, 9.17) is 11.6 Å². The van der Waals surface area contributed by atoms with Crippen LogP contribution in [0.5, 0.6) is 5.88 Å². The Bertz CT molecular complexity index is 1680. The second kappa shape index (κ2) is 9.11. The molecule has 0 aliphatic rings. The number of carbonyl (C=O) groups excluding carboxylic acids is 1. The van der Waals surface area contributed by atoms with Gasteiger partial charge in [0.05, 0.1) is 15.6 Å². The van der Waals surface area contributed by atoms with Crippen LogP contribution in [0.15, 0.2) is 63.6 Å². The molecule has 4 aromatic rings. The fourth-order valence-electron chi connectivity index (χ4n) is 3.24. The predicted molar refractivity (Wildman–Crippen MR) is 125 cm³/mol. The lowest BCUT2D eigenvalue weighted by Gasteiger charge is -2.14. The van der Waals surface area contributed by atoms with Crippen molar-refractivity contribution in [3.8, 4) is 11.6 Å². The molecule has 0 bridgehead atoms. The van der Waals surface area contributed by atoms with Crippen LogP contribution < -0.4 is 15.6 Å². The van der Waals surface area contributed by atoms with E-state index in [-0.39, 0.29) is 25.0 Å². The molecule has 36 heavy (non-hydrogen) atoms. The van der Waals surface area contributed by atoms with Crippen molar-refractivity contribution in [2.24, 2.45) is 0 Å². The first kappa shape index (κ1) is 25.5. The lowest BCUT2D eigenvalue weighted by Crippen LogP contribution is -2.34. The van der Waals surface area contributed by atoms with Crippen LogP contribution in [-0.4, -0.2) is 24.1 Å². The highest BCUT2D eigenvalue weighted by Crippen LogP contribution is 2.34. The average Bonchev–Trinajstić information content (AvgIpc) is 3.21. The summed E-state index contributed by atoms with van der Waals surface area (Å²) in [7, 11) is -4.25. The van der Waals surface area contributed by atoms with Gasteiger partial charge in [-0.25, -0.2) is 26.9 Å². The van der Waals surface area contributed by atoms with Gasteiger partial charge in [-0.2, -0.15) is 13.2 Å². The average molecular weight is 562 g/mol. The Balaban J connectivity index is 1.64. The molecule has 15 heteroatoms. The van der Waals surface area contributed by atoms with Crippen molar-refractivity contribution >= 4 is 55.5 Å². The maximum atomic E-state index is 14.9. The number of fused-ring (bicyclic) bond motifs is 1. The molecule has 0 aliphatic heterocycles. The molecule has 0 atom stereocenters. The number of sulfonamides is 1. The first-order valence-electron chi connectivity index (χ1n) is 9.61. The molecular formula is C21H12ClF4N3O5S2. The summed E-state index contributed by atoms with van der Waals surface area (Å²) in [6, 6.07) is 7.37. The second-order valence-electron chi connectivity index (χ2n) is 7.23. The Labute approximate surface area is 208 Å². The number of amides is 2. The number of aromatic hydroxyl groups is 1. The van der Waals surface area contributed by atoms with E-state index in [0.717, 1.165) is 36.4 Å². The molecule has 0 aliphatic carbocycles. The monoisotopic (exact) mass is 561 g/mol. The standard InChI is InChI=1S/C21H12ClF4N3O5S2/c22-16-5-6-18(35-16)36(33,34)28-20(32)27-12-3-4-15(14(23)9-12)29-17(30)7-10-1-2-11(21(24,25)26)8-13(10)19(29)31/h1-9,31H,(H2,27,28,32). The number of halogens is 5. The first-order valence-corrected chi connectivity index (χ1v) is 12.3. The number of nitrogens with zero attached hydrogens (tertiary/aromatic N) is 1. The molecule has 0 saturated heterocycles. The Hall–Kier alpha value is -3.62. The van der Waals surface area contributed by atoms with Gasteiger partial charge in [0.15, 0.2) is 0 Å². The molecule has 188 valence electrons. The van der Waals surface area contributed by atoms with Gasteiger partial charge in [-0.05, 0) is 47.9 Å². The van der Waals surface area contributed by atoms with E-state index in [0.29, 0.717) is 22.0 Å². The molecule has 0 saturated carbocycles. The van der Waals surface area contributed by atoms with Crippen LogP contribution in [0.1, 0.15) is 5.56 Å². The fourth-order valence-corrected chi connectivity index (χ4v) is 5.63. The SMILES string of the molecule is O=C(Nc1ccc(-n2c(O)c3cc(C(F)(F)F)ccc3cc2=O)c(F)c1)NS(=O)(=O)c1ccc(Cl)s1. The number of anilines is 1. The number of thiophene rings is 1. The van der Waals surface area contributed by atoms with Crippen molar-refractivity contribution < 1.29 is 35.9 Å². The third-order valence-electron chi connectivity index (χ3n) is 4.82. The molecule has 0 spiro atoms. The van der Waals surface area contributed by atoms with Crippen LogP contribution in [0.4, 0.5) is 28.0 Å². The molecule has 3 N–H and O–H groups in total. The molecule has 4 rings (SSSR count). The van der Waals surface area contributed by atoms with Crippen LogP contribution >= 0.6 is 22.9 Å². The van der Waals surface area contributed by atoms with E-state index in [9.17, 15) is 40.7 Å². The molecule has 2 aromatic heterocycles. The van der Waals surface area contributed by atoms with Gasteiger partial charge >= 0.3 is 12.2 Å². The summed E-state index contributed by atoms with van der Waals surface area (Å²) < 4.78 is 80.6. The van der Waals surface area contributed by atoms with Crippen molar-refractivity contribution in [2.75, 3.05) is 5.32 Å². The number of carbonyl (C=O) groups is 1. The Morgan fingerprint density at radius 3 is 2.39 bits per heavy atom. The minimum Gasteiger partial charge on any atom is -0.494 e. The fraction of sp³-hybridized carbons (Fsp3) is 0.0476. The number of aromatic nitrogens is 1. The lowest BCUT2D eigenvalue weighted by molar-refractivity contribution is -0.137. The van der Waals surface area contributed by atoms with E-state index >= 15 is 0 Å². The van der Waals surface area contributed by atoms with Crippen LogP contribution in [-0.2, 0) is 16.2 Å². The highest BCUT2D eigenvalue weighted by Gasteiger charge is 2.31. The van der Waals surface area contributed by atoms with Crippen molar-refractivity contribution in [1.82, 2.24) is 9.29 Å². The third kappa shape index (κ3) is 5.01. The van der Waals surface area contributed by atoms with Gasteiger partial charge in [-0.1, -0.05) is 17.7 Å². The van der Waals surface area contributed by atoms with Crippen LogP contribution in [0.3, 0.4) is 0 Å². The molecule has 2 aromatic carbocycles. The van der Waals surface area contributed by atoms with Crippen molar-refractivity contribution in [2.45, 2.75) is 10.4 Å². The second-order valence-corrected chi connectivity index (χ2v) is 10.9. The number of pyridine rings is 1. The minimum absolute atomic E-state index is 0.00496. The normalized spacial score (nSPS) is 12.0. The molecule has 0 unspecified atom stereocenters. The maximum absolute atomic E-state index is 14.9. The molecule has 0 fully saturated rings. The molecular weight excluding hydrogens is 550 g/mol. The van der Waals surface area contributed by atoms with Gasteiger partial charge in [-0.3, -0.25) is 4.79 Å². The summed E-state index contributed by atoms with van der Waals surface area (Å²) in [4.78, 5) is 24.6. The van der Waals surface area contributed by atoms with E-state index in [1.165, 1.54) is 12.1 Å². The summed E-state index contributed by atoms with van der Waals surface area (Å²) in [5.74, 6) is -2.08. The van der Waals surface area contributed by atoms with E-state index in [1.807, 2.05) is 0 Å². The highest BCUT2D eigenvalue weighted by atomic mass is 35.5. The van der Waals surface area contributed by atoms with Crippen molar-refractivity contribution in [1.29, 1.82) is 0 Å². The van der Waals surface area contributed by atoms with Crippen molar-refractivity contribution in [3.05, 3.63) is 80.7 Å². The van der Waals surface area contributed by atoms with E-state index in [2.05, 4.69) is 5.32 Å². The topological polar surface area (TPSA) is 118 Å². The molecule has 2 amide bonds. The number of urea groups is 1. The lowest BCUT2D eigenvalue weighted by atomic mass is 10.1. The zero-order valence-electron chi connectivity index (χ0n) is 17.4. The number of hydrogen-bond acceptors (Lipinski definition) is 6. The number of hydrogen-bond donors (Lipinski definition) is 3. The van der Waals surface area contributed by atoms with Crippen molar-refractivity contribution in [3.63, 3.8) is 0 Å². The van der Waals surface area contributed by atoms with Gasteiger partial charge in [0, 0.05) is 17.1 Å². The zero-order chi connectivity index (χ0) is 26.4. The number of rotatable bonds is 4. The summed E-state index contributed by atoms with van der Waals surface area (Å²) in [5.41, 5.74) is -2.76. The Kier molecular flexibility index (Phi) is 6.45. The van der Waals surface area contributed by atoms with Crippen LogP contribution in [0.2, 0.25) is 4.34 Å². The van der Waals surface area contributed by atoms with E-state index in [1.54, 1.807) is 4.72 Å². The van der Waals surface area contributed by atoms with Gasteiger partial charge in [0.25, 0.3) is 15.6 Å². The summed E-state index contributed by atoms with van der Waals surface area (Å²) in [6.07, 6.45) is -4.72. The molecule has 8 nitrogen and oxygen atoms in total. The highest BCUT2D eigenvalue weighted by molar-refractivity contribution is 7.92. The van der Waals surface area contributed by atoms with Crippen LogP contribution in [0.25, 0.3) is 16.5 Å². The molecule has 0 radical (unpaired) electrons. The third-order valence-corrected chi connectivity index (χ3v) is 7.87.